The number of hydrogen-bond donors (Lipinski definition) is 0. The molecule has 2 aliphatic carbocycles. The Kier molecular flexibility index (Phi) is 7.63. The molecule has 2 atom stereocenters. The number of fused-ring (bicyclic) bond motifs is 4. The summed E-state index contributed by atoms with van der Waals surface area (Å²) in [6, 6.07) is 38.7. The Hall–Kier alpha value is -4.62. The van der Waals surface area contributed by atoms with Crippen molar-refractivity contribution in [1.82, 2.24) is 0 Å². The lowest BCUT2D eigenvalue weighted by Crippen LogP contribution is -2.21. The zero-order valence-electron chi connectivity index (χ0n) is 29.3. The van der Waals surface area contributed by atoms with Gasteiger partial charge in [-0.3, -0.25) is 0 Å². The molecule has 0 saturated heterocycles. The van der Waals surface area contributed by atoms with Gasteiger partial charge in [-0.1, -0.05) is 132 Å². The molecular formula is C46H47N. The largest absolute Gasteiger partial charge is 0.310 e. The van der Waals surface area contributed by atoms with Gasteiger partial charge < -0.3 is 4.90 Å². The van der Waals surface area contributed by atoms with Crippen LogP contribution in [0.5, 0.6) is 0 Å². The molecule has 0 amide bonds. The summed E-state index contributed by atoms with van der Waals surface area (Å²) < 4.78 is 0. The number of hydrogen-bond acceptors (Lipinski definition) is 1. The van der Waals surface area contributed by atoms with Crippen molar-refractivity contribution in [3.8, 4) is 11.1 Å². The molecule has 2 aliphatic rings. The van der Waals surface area contributed by atoms with Crippen LogP contribution in [0.1, 0.15) is 92.5 Å². The molecule has 5 aromatic rings. The van der Waals surface area contributed by atoms with Gasteiger partial charge in [-0.2, -0.15) is 0 Å². The highest BCUT2D eigenvalue weighted by atomic mass is 15.1. The van der Waals surface area contributed by atoms with E-state index in [1.165, 1.54) is 78.3 Å². The van der Waals surface area contributed by atoms with E-state index in [1.807, 2.05) is 0 Å². The van der Waals surface area contributed by atoms with Crippen LogP contribution in [0.15, 0.2) is 109 Å². The molecule has 0 radical (unpaired) electrons. The predicted molar refractivity (Wildman–Crippen MR) is 204 cm³/mol. The van der Waals surface area contributed by atoms with Crippen LogP contribution in [0.2, 0.25) is 0 Å². The van der Waals surface area contributed by atoms with Crippen LogP contribution in [0.25, 0.3) is 28.9 Å². The molecule has 0 aromatic heterocycles. The second-order valence-corrected chi connectivity index (χ2v) is 14.5. The quantitative estimate of drug-likeness (QED) is 0.172. The molecule has 2 unspecified atom stereocenters. The van der Waals surface area contributed by atoms with Gasteiger partial charge in [-0.15, -0.1) is 0 Å². The highest BCUT2D eigenvalue weighted by molar-refractivity contribution is 5.88. The summed E-state index contributed by atoms with van der Waals surface area (Å²) in [4.78, 5) is 2.44. The van der Waals surface area contributed by atoms with Gasteiger partial charge in [0.2, 0.25) is 0 Å². The minimum Gasteiger partial charge on any atom is -0.310 e. The van der Waals surface area contributed by atoms with Crippen molar-refractivity contribution in [2.75, 3.05) is 4.90 Å². The van der Waals surface area contributed by atoms with Crippen molar-refractivity contribution in [2.24, 2.45) is 5.92 Å². The van der Waals surface area contributed by atoms with Crippen LogP contribution in [-0.2, 0) is 10.8 Å². The zero-order chi connectivity index (χ0) is 33.1. The van der Waals surface area contributed by atoms with Crippen molar-refractivity contribution < 1.29 is 0 Å². The number of para-hydroxylation sites is 2. The van der Waals surface area contributed by atoms with E-state index in [2.05, 4.69) is 182 Å². The Bertz CT molecular complexity index is 2030. The first kappa shape index (κ1) is 31.0. The maximum absolute atomic E-state index is 2.46. The van der Waals surface area contributed by atoms with E-state index < -0.39 is 0 Å². The number of allylic oxidation sites excluding steroid dienone is 2. The highest BCUT2D eigenvalue weighted by Crippen LogP contribution is 2.53. The second-order valence-electron chi connectivity index (χ2n) is 14.5. The van der Waals surface area contributed by atoms with Crippen molar-refractivity contribution in [3.63, 3.8) is 0 Å². The van der Waals surface area contributed by atoms with Gasteiger partial charge in [-0.25, -0.2) is 0 Å². The molecule has 0 spiro atoms. The summed E-state index contributed by atoms with van der Waals surface area (Å²) in [6.07, 6.45) is 7.92. The summed E-state index contributed by atoms with van der Waals surface area (Å²) in [5, 5.41) is 0. The normalized spacial score (nSPS) is 20.0. The summed E-state index contributed by atoms with van der Waals surface area (Å²) in [5.74, 6) is 0.521. The average Bonchev–Trinajstić information content (AvgIpc) is 3.44. The first-order valence-corrected chi connectivity index (χ1v) is 17.3. The van der Waals surface area contributed by atoms with Crippen molar-refractivity contribution >= 4 is 34.8 Å². The van der Waals surface area contributed by atoms with Crippen LogP contribution >= 0.6 is 0 Å². The minimum atomic E-state index is -0.0791. The number of nitrogens with zero attached hydrogens (tertiary/aromatic N) is 1. The van der Waals surface area contributed by atoms with Crippen LogP contribution in [-0.4, -0.2) is 0 Å². The predicted octanol–water partition coefficient (Wildman–Crippen LogP) is 13.0. The van der Waals surface area contributed by atoms with Gasteiger partial charge in [0.25, 0.3) is 0 Å². The number of benzene rings is 5. The van der Waals surface area contributed by atoms with Gasteiger partial charge in [0.1, 0.15) is 0 Å². The molecule has 5 aromatic carbocycles. The van der Waals surface area contributed by atoms with E-state index >= 15 is 0 Å². The smallest absolute Gasteiger partial charge is 0.0490 e. The Morgan fingerprint density at radius 3 is 1.70 bits per heavy atom. The summed E-state index contributed by atoms with van der Waals surface area (Å²) in [7, 11) is 0. The summed E-state index contributed by atoms with van der Waals surface area (Å²) in [5.41, 5.74) is 18.6. The third-order valence-electron chi connectivity index (χ3n) is 11.6. The molecule has 0 fully saturated rings. The van der Waals surface area contributed by atoms with E-state index in [-0.39, 0.29) is 10.8 Å². The second kappa shape index (κ2) is 11.6. The number of aryl methyl sites for hydroxylation is 2. The molecular weight excluding hydrogens is 567 g/mol. The molecule has 7 rings (SSSR count). The van der Waals surface area contributed by atoms with Crippen LogP contribution in [0.3, 0.4) is 0 Å². The fourth-order valence-electron chi connectivity index (χ4n) is 8.19. The van der Waals surface area contributed by atoms with Crippen molar-refractivity contribution in [3.05, 3.63) is 154 Å². The van der Waals surface area contributed by atoms with Gasteiger partial charge >= 0.3 is 0 Å². The third kappa shape index (κ3) is 4.91. The molecule has 0 N–H and O–H groups in total. The maximum atomic E-state index is 2.46. The van der Waals surface area contributed by atoms with Crippen LogP contribution in [0, 0.1) is 19.8 Å². The molecule has 236 valence electrons. The maximum Gasteiger partial charge on any atom is 0.0490 e. The Balaban J connectivity index is 1.27. The van der Waals surface area contributed by atoms with E-state index in [1.54, 1.807) is 0 Å². The molecule has 0 aliphatic heterocycles. The van der Waals surface area contributed by atoms with E-state index in [4.69, 9.17) is 0 Å². The molecule has 0 bridgehead atoms. The van der Waals surface area contributed by atoms with Gasteiger partial charge in [0.15, 0.2) is 0 Å². The van der Waals surface area contributed by atoms with Gasteiger partial charge in [-0.05, 0) is 124 Å². The summed E-state index contributed by atoms with van der Waals surface area (Å²) >= 11 is 0. The third-order valence-corrected chi connectivity index (χ3v) is 11.6. The fourth-order valence-corrected chi connectivity index (χ4v) is 8.19. The van der Waals surface area contributed by atoms with Crippen LogP contribution < -0.4 is 4.90 Å². The van der Waals surface area contributed by atoms with Crippen molar-refractivity contribution in [2.45, 2.75) is 72.6 Å². The minimum absolute atomic E-state index is 0.0791. The number of anilines is 3. The monoisotopic (exact) mass is 613 g/mol. The standard InChI is InChI=1S/C46H47N/c1-9-36-32(5)45(6,7)40-27-33(21-24-37(36)40)19-20-34-22-25-38-39-26-23-35(29-42(39)46(8,10-2)41(38)28-34)47(43-17-13-11-15-30(43)3)44-18-14-12-16-31(44)4/h9,11-29,32H,10H2,1-8H3. The zero-order valence-corrected chi connectivity index (χ0v) is 29.3. The van der Waals surface area contributed by atoms with Gasteiger partial charge in [0, 0.05) is 22.5 Å². The fraction of sp³-hybridized carbons (Fsp3) is 0.261. The highest BCUT2D eigenvalue weighted by Gasteiger charge is 2.40. The Labute approximate surface area is 282 Å². The van der Waals surface area contributed by atoms with Gasteiger partial charge in [0.05, 0.1) is 0 Å². The Morgan fingerprint density at radius 1 is 0.638 bits per heavy atom. The average molecular weight is 614 g/mol. The lowest BCUT2D eigenvalue weighted by molar-refractivity contribution is 0.441. The summed E-state index contributed by atoms with van der Waals surface area (Å²) in [6.45, 7) is 18.5. The Morgan fingerprint density at radius 2 is 1.15 bits per heavy atom. The molecule has 47 heavy (non-hydrogen) atoms. The van der Waals surface area contributed by atoms with Crippen molar-refractivity contribution in [1.29, 1.82) is 0 Å². The van der Waals surface area contributed by atoms with E-state index in [0.717, 1.165) is 6.42 Å². The molecule has 1 nitrogen and oxygen atoms in total. The number of rotatable bonds is 6. The van der Waals surface area contributed by atoms with E-state index in [9.17, 15) is 0 Å². The first-order valence-electron chi connectivity index (χ1n) is 17.3. The first-order chi connectivity index (χ1) is 22.6. The SMILES string of the molecule is CC=C1c2ccc(C=Cc3ccc4c(c3)C(C)(CC)c3cc(N(c5ccccc5C)c5ccccc5C)ccc3-4)cc2C(C)(C)C1C. The lowest BCUT2D eigenvalue weighted by Gasteiger charge is -2.31. The molecule has 1 heteroatoms. The van der Waals surface area contributed by atoms with Crippen LogP contribution in [0.4, 0.5) is 17.1 Å². The van der Waals surface area contributed by atoms with E-state index in [0.29, 0.717) is 5.92 Å². The molecule has 0 saturated carbocycles. The molecule has 0 heterocycles. The lowest BCUT2D eigenvalue weighted by atomic mass is 9.77. The topological polar surface area (TPSA) is 3.24 Å².